The summed E-state index contributed by atoms with van der Waals surface area (Å²) in [7, 11) is 1.56. The number of hydrogen-bond donors (Lipinski definition) is 2. The summed E-state index contributed by atoms with van der Waals surface area (Å²) < 4.78 is 5.17. The van der Waals surface area contributed by atoms with Gasteiger partial charge in [-0.15, -0.1) is 0 Å². The van der Waals surface area contributed by atoms with Gasteiger partial charge in [0.2, 0.25) is 0 Å². The Morgan fingerprint density at radius 2 is 1.94 bits per heavy atom. The lowest BCUT2D eigenvalue weighted by Gasteiger charge is -2.05. The minimum Gasteiger partial charge on any atom is -0.493 e. The van der Waals surface area contributed by atoms with E-state index in [1.54, 1.807) is 31.3 Å². The fourth-order valence-corrected chi connectivity index (χ4v) is 1.10. The first-order chi connectivity index (χ1) is 7.63. The summed E-state index contributed by atoms with van der Waals surface area (Å²) in [5.74, 6) is -0.520. The second-order valence-corrected chi connectivity index (χ2v) is 3.10. The molecule has 0 radical (unpaired) electrons. The van der Waals surface area contributed by atoms with Gasteiger partial charge in [-0.25, -0.2) is 0 Å². The van der Waals surface area contributed by atoms with Crippen LogP contribution in [0.25, 0.3) is 0 Å². The van der Waals surface area contributed by atoms with Crippen molar-refractivity contribution in [3.8, 4) is 5.75 Å². The van der Waals surface area contributed by atoms with Gasteiger partial charge < -0.3 is 15.2 Å². The third-order valence-electron chi connectivity index (χ3n) is 1.93. The monoisotopic (exact) mass is 223 g/mol. The number of ether oxygens (including phenoxy) is 1. The maximum absolute atomic E-state index is 11.2. The Morgan fingerprint density at radius 3 is 2.44 bits per heavy atom. The van der Waals surface area contributed by atoms with Gasteiger partial charge in [0.05, 0.1) is 13.0 Å². The van der Waals surface area contributed by atoms with E-state index < -0.39 is 5.97 Å². The Labute approximate surface area is 93.0 Å². The Hall–Kier alpha value is -2.04. The Kier molecular flexibility index (Phi) is 4.32. The third kappa shape index (κ3) is 3.61. The van der Waals surface area contributed by atoms with Crippen LogP contribution < -0.4 is 10.1 Å². The highest BCUT2D eigenvalue weighted by Gasteiger charge is 2.03. The van der Waals surface area contributed by atoms with Gasteiger partial charge in [0.1, 0.15) is 5.75 Å². The molecule has 0 aromatic heterocycles. The van der Waals surface area contributed by atoms with Gasteiger partial charge in [0, 0.05) is 12.6 Å². The summed E-state index contributed by atoms with van der Waals surface area (Å²) in [6, 6.07) is 6.50. The number of benzene rings is 1. The molecule has 2 N–H and O–H groups in total. The van der Waals surface area contributed by atoms with Gasteiger partial charge in [0.25, 0.3) is 5.91 Å². The van der Waals surface area contributed by atoms with Crippen LogP contribution in [-0.4, -0.2) is 30.6 Å². The highest BCUT2D eigenvalue weighted by molar-refractivity contribution is 5.94. The Bertz CT molecular complexity index is 372. The number of aliphatic carboxylic acids is 1. The summed E-state index contributed by atoms with van der Waals surface area (Å²) in [5, 5.41) is 10.9. The van der Waals surface area contributed by atoms with E-state index in [0.717, 1.165) is 0 Å². The molecule has 86 valence electrons. The molecule has 0 bridgehead atoms. The second kappa shape index (κ2) is 5.75. The summed E-state index contributed by atoms with van der Waals surface area (Å²) in [6.45, 7) is 0.120. The first-order valence-electron chi connectivity index (χ1n) is 4.80. The average Bonchev–Trinajstić information content (AvgIpc) is 2.28. The van der Waals surface area contributed by atoms with Gasteiger partial charge in [-0.1, -0.05) is 0 Å². The van der Waals surface area contributed by atoms with Crippen molar-refractivity contribution in [1.29, 1.82) is 0 Å². The van der Waals surface area contributed by atoms with Gasteiger partial charge in [-0.2, -0.15) is 0 Å². The topological polar surface area (TPSA) is 75.6 Å². The number of carbonyl (C=O) groups excluding carboxylic acids is 1. The van der Waals surface area contributed by atoms with Crippen molar-refractivity contribution < 1.29 is 19.4 Å². The number of nitrogens with one attached hydrogen (secondary N) is 1. The highest BCUT2D eigenvalue weighted by Crippen LogP contribution is 2.12. The molecule has 1 amide bonds. The van der Waals surface area contributed by atoms with Crippen molar-refractivity contribution in [2.24, 2.45) is 0 Å². The zero-order valence-electron chi connectivity index (χ0n) is 8.90. The van der Waals surface area contributed by atoms with E-state index in [4.69, 9.17) is 9.84 Å². The molecule has 0 fully saturated rings. The van der Waals surface area contributed by atoms with Crippen LogP contribution in [0.2, 0.25) is 0 Å². The molecule has 0 aliphatic rings. The van der Waals surface area contributed by atoms with Gasteiger partial charge in [-0.05, 0) is 24.3 Å². The lowest BCUT2D eigenvalue weighted by atomic mass is 10.2. The van der Waals surface area contributed by atoms with Gasteiger partial charge >= 0.3 is 5.97 Å². The smallest absolute Gasteiger partial charge is 0.306 e. The lowest BCUT2D eigenvalue weighted by molar-refractivity contribution is -0.137. The predicted molar refractivity (Wildman–Crippen MR) is 57.6 cm³/mol. The van der Waals surface area contributed by atoms with Crippen LogP contribution in [0.4, 0.5) is 0 Å². The molecule has 0 aliphatic carbocycles. The molecule has 1 aromatic rings. The number of hydrogen-bond acceptors (Lipinski definition) is 3. The fourth-order valence-electron chi connectivity index (χ4n) is 1.10. The van der Waals surface area contributed by atoms with Gasteiger partial charge in [0.15, 0.2) is 0 Å². The zero-order chi connectivity index (χ0) is 12.0. The summed E-state index contributed by atoms with van der Waals surface area (Å²) in [4.78, 5) is 21.4. The number of carboxylic acids is 1. The van der Waals surface area contributed by atoms with Crippen molar-refractivity contribution in [3.05, 3.63) is 29.8 Å². The molecule has 0 heterocycles. The van der Waals surface area contributed by atoms with Crippen LogP contribution in [0.15, 0.2) is 24.3 Å². The fraction of sp³-hybridized carbons (Fsp3) is 0.273. The summed E-state index contributed by atoms with van der Waals surface area (Å²) >= 11 is 0. The quantitative estimate of drug-likeness (QED) is 0.777. The van der Waals surface area contributed by atoms with Crippen LogP contribution in [0, 0.1) is 0 Å². The largest absolute Gasteiger partial charge is 0.493 e. The normalized spacial score (nSPS) is 9.56. The Morgan fingerprint density at radius 1 is 1.31 bits per heavy atom. The molecule has 0 spiro atoms. The molecule has 1 aromatic carbocycles. The second-order valence-electron chi connectivity index (χ2n) is 3.10. The lowest BCUT2D eigenvalue weighted by Crippen LogP contribution is -2.17. The van der Waals surface area contributed by atoms with E-state index in [0.29, 0.717) is 11.3 Å². The molecular weight excluding hydrogens is 210 g/mol. The first kappa shape index (κ1) is 12.0. The minimum absolute atomic E-state index is 0.0444. The molecular formula is C11H13NO4. The van der Waals surface area contributed by atoms with E-state index in [-0.39, 0.29) is 18.9 Å². The molecule has 5 heteroatoms. The average molecular weight is 223 g/mol. The van der Waals surface area contributed by atoms with Crippen LogP contribution in [0.3, 0.4) is 0 Å². The van der Waals surface area contributed by atoms with Crippen molar-refractivity contribution in [1.82, 2.24) is 5.32 Å². The molecule has 1 rings (SSSR count). The predicted octanol–water partition coefficient (Wildman–Crippen LogP) is 0.900. The van der Waals surface area contributed by atoms with E-state index in [9.17, 15) is 9.59 Å². The van der Waals surface area contributed by atoms with Crippen LogP contribution in [-0.2, 0) is 4.79 Å². The van der Waals surface area contributed by atoms with Crippen LogP contribution >= 0.6 is 0 Å². The van der Waals surface area contributed by atoms with E-state index in [2.05, 4.69) is 5.32 Å². The van der Waals surface area contributed by atoms with Crippen molar-refractivity contribution >= 4 is 11.9 Å². The molecule has 0 atom stereocenters. The first-order valence-corrected chi connectivity index (χ1v) is 4.80. The standard InChI is InChI=1S/C11H13NO4/c1-12-11(15)8-2-4-9(5-3-8)16-7-6-10(13)14/h2-5H,6-7H2,1H3,(H,12,15)(H,13,14). The maximum Gasteiger partial charge on any atom is 0.306 e. The van der Waals surface area contributed by atoms with Crippen LogP contribution in [0.1, 0.15) is 16.8 Å². The third-order valence-corrected chi connectivity index (χ3v) is 1.93. The van der Waals surface area contributed by atoms with Crippen molar-refractivity contribution in [2.45, 2.75) is 6.42 Å². The van der Waals surface area contributed by atoms with E-state index >= 15 is 0 Å². The van der Waals surface area contributed by atoms with E-state index in [1.165, 1.54) is 0 Å². The van der Waals surface area contributed by atoms with Crippen molar-refractivity contribution in [3.63, 3.8) is 0 Å². The molecule has 16 heavy (non-hydrogen) atoms. The number of carboxylic acid groups (broad SMARTS) is 1. The van der Waals surface area contributed by atoms with Gasteiger partial charge in [-0.3, -0.25) is 9.59 Å². The zero-order valence-corrected chi connectivity index (χ0v) is 8.90. The summed E-state index contributed by atoms with van der Waals surface area (Å²) in [5.41, 5.74) is 0.535. The SMILES string of the molecule is CNC(=O)c1ccc(OCCC(=O)O)cc1. The molecule has 0 aliphatic heterocycles. The summed E-state index contributed by atoms with van der Waals surface area (Å²) in [6.07, 6.45) is -0.0444. The number of amides is 1. The molecule has 0 saturated carbocycles. The number of carbonyl (C=O) groups is 2. The maximum atomic E-state index is 11.2. The number of rotatable bonds is 5. The molecule has 0 saturated heterocycles. The van der Waals surface area contributed by atoms with E-state index in [1.807, 2.05) is 0 Å². The highest BCUT2D eigenvalue weighted by atomic mass is 16.5. The Balaban J connectivity index is 2.51. The molecule has 0 unspecified atom stereocenters. The van der Waals surface area contributed by atoms with Crippen LogP contribution in [0.5, 0.6) is 5.75 Å². The minimum atomic E-state index is -0.901. The molecule has 5 nitrogen and oxygen atoms in total. The van der Waals surface area contributed by atoms with Crippen molar-refractivity contribution in [2.75, 3.05) is 13.7 Å².